The van der Waals surface area contributed by atoms with Gasteiger partial charge in [-0.2, -0.15) is 0 Å². The molecule has 0 amide bonds. The van der Waals surface area contributed by atoms with E-state index in [1.54, 1.807) is 0 Å². The zero-order valence-corrected chi connectivity index (χ0v) is 12.9. The predicted octanol–water partition coefficient (Wildman–Crippen LogP) is 4.27. The fourth-order valence-electron chi connectivity index (χ4n) is 2.46. The fourth-order valence-corrected chi connectivity index (χ4v) is 2.72. The van der Waals surface area contributed by atoms with E-state index in [0.29, 0.717) is 4.77 Å². The van der Waals surface area contributed by atoms with Crippen LogP contribution in [0.4, 0.5) is 5.69 Å². The summed E-state index contributed by atoms with van der Waals surface area (Å²) in [4.78, 5) is 5.26. The third-order valence-electron chi connectivity index (χ3n) is 3.45. The zero-order chi connectivity index (χ0) is 14.8. The van der Waals surface area contributed by atoms with Gasteiger partial charge in [-0.1, -0.05) is 42.5 Å². The van der Waals surface area contributed by atoms with E-state index in [9.17, 15) is 0 Å². The maximum atomic E-state index is 5.49. The number of nitrogens with one attached hydrogen (secondary N) is 1. The predicted molar refractivity (Wildman–Crippen MR) is 90.7 cm³/mol. The maximum Gasteiger partial charge on any atom is 0.182 e. The standard InChI is InChI=1S/C17H17N3S/c1-19(2)14-10-6-7-11-15(14)20-16(12-18-17(20)21)13-8-4-3-5-9-13/h3-12H,1-2H3,(H,18,21). The highest BCUT2D eigenvalue weighted by Crippen LogP contribution is 2.28. The van der Waals surface area contributed by atoms with Gasteiger partial charge in [-0.15, -0.1) is 0 Å². The minimum atomic E-state index is 0.697. The molecule has 4 heteroatoms. The van der Waals surface area contributed by atoms with Crippen molar-refractivity contribution < 1.29 is 0 Å². The van der Waals surface area contributed by atoms with Crippen molar-refractivity contribution in [3.63, 3.8) is 0 Å². The number of para-hydroxylation sites is 2. The lowest BCUT2D eigenvalue weighted by Crippen LogP contribution is -2.12. The van der Waals surface area contributed by atoms with Crippen LogP contribution in [0.25, 0.3) is 16.9 Å². The summed E-state index contributed by atoms with van der Waals surface area (Å²) in [5, 5.41) is 0. The van der Waals surface area contributed by atoms with E-state index in [4.69, 9.17) is 12.2 Å². The number of rotatable bonds is 3. The van der Waals surface area contributed by atoms with Crippen molar-refractivity contribution >= 4 is 17.9 Å². The summed E-state index contributed by atoms with van der Waals surface area (Å²) in [6, 6.07) is 18.5. The van der Waals surface area contributed by atoms with Crippen LogP contribution in [0.2, 0.25) is 0 Å². The quantitative estimate of drug-likeness (QED) is 0.730. The average molecular weight is 295 g/mol. The molecule has 0 aliphatic carbocycles. The van der Waals surface area contributed by atoms with Gasteiger partial charge < -0.3 is 9.88 Å². The molecule has 0 spiro atoms. The monoisotopic (exact) mass is 295 g/mol. The minimum absolute atomic E-state index is 0.697. The number of hydrogen-bond donors (Lipinski definition) is 1. The SMILES string of the molecule is CN(C)c1ccccc1-n1c(-c2ccccc2)c[nH]c1=S. The Labute approximate surface area is 129 Å². The highest BCUT2D eigenvalue weighted by Gasteiger charge is 2.12. The smallest absolute Gasteiger partial charge is 0.182 e. The fraction of sp³-hybridized carbons (Fsp3) is 0.118. The van der Waals surface area contributed by atoms with E-state index in [1.165, 1.54) is 0 Å². The Hall–Kier alpha value is -2.33. The number of benzene rings is 2. The second-order valence-corrected chi connectivity index (χ2v) is 5.45. The molecule has 3 aromatic rings. The van der Waals surface area contributed by atoms with Crippen LogP contribution in [0.3, 0.4) is 0 Å². The van der Waals surface area contributed by atoms with Crippen LogP contribution >= 0.6 is 12.2 Å². The van der Waals surface area contributed by atoms with Crippen LogP contribution in [-0.2, 0) is 0 Å². The van der Waals surface area contributed by atoms with Gasteiger partial charge in [-0.25, -0.2) is 0 Å². The molecular weight excluding hydrogens is 278 g/mol. The first-order valence-corrected chi connectivity index (χ1v) is 7.22. The molecule has 2 aromatic carbocycles. The Morgan fingerprint density at radius 3 is 2.33 bits per heavy atom. The van der Waals surface area contributed by atoms with Crippen LogP contribution < -0.4 is 4.90 Å². The van der Waals surface area contributed by atoms with Crippen molar-refractivity contribution in [3.05, 3.63) is 65.6 Å². The molecule has 0 saturated heterocycles. The maximum absolute atomic E-state index is 5.49. The molecule has 0 aliphatic rings. The van der Waals surface area contributed by atoms with Crippen molar-refractivity contribution in [2.45, 2.75) is 0 Å². The molecule has 106 valence electrons. The number of hydrogen-bond acceptors (Lipinski definition) is 2. The first-order chi connectivity index (χ1) is 10.2. The van der Waals surface area contributed by atoms with Gasteiger partial charge in [0, 0.05) is 25.9 Å². The van der Waals surface area contributed by atoms with Gasteiger partial charge >= 0.3 is 0 Å². The third kappa shape index (κ3) is 2.50. The molecule has 1 aromatic heterocycles. The molecule has 3 rings (SSSR count). The summed E-state index contributed by atoms with van der Waals surface area (Å²) in [6.07, 6.45) is 1.96. The molecule has 0 atom stereocenters. The second-order valence-electron chi connectivity index (χ2n) is 5.06. The first kappa shape index (κ1) is 13.6. The summed E-state index contributed by atoms with van der Waals surface area (Å²) >= 11 is 5.49. The van der Waals surface area contributed by atoms with Crippen molar-refractivity contribution in [1.82, 2.24) is 9.55 Å². The first-order valence-electron chi connectivity index (χ1n) is 6.81. The summed E-state index contributed by atoms with van der Waals surface area (Å²) in [5.41, 5.74) is 4.41. The largest absolute Gasteiger partial charge is 0.376 e. The number of H-pyrrole nitrogens is 1. The molecule has 0 radical (unpaired) electrons. The molecule has 0 saturated carbocycles. The van der Waals surface area contributed by atoms with E-state index < -0.39 is 0 Å². The molecule has 0 fully saturated rings. The molecular formula is C17H17N3S. The van der Waals surface area contributed by atoms with Gasteiger partial charge in [0.1, 0.15) is 0 Å². The lowest BCUT2D eigenvalue weighted by Gasteiger charge is -2.19. The van der Waals surface area contributed by atoms with E-state index in [2.05, 4.69) is 38.7 Å². The summed E-state index contributed by atoms with van der Waals surface area (Å²) < 4.78 is 2.78. The molecule has 0 aliphatic heterocycles. The second kappa shape index (κ2) is 5.58. The third-order valence-corrected chi connectivity index (χ3v) is 3.75. The average Bonchev–Trinajstić information content (AvgIpc) is 2.89. The highest BCUT2D eigenvalue weighted by atomic mass is 32.1. The molecule has 1 heterocycles. The highest BCUT2D eigenvalue weighted by molar-refractivity contribution is 7.71. The van der Waals surface area contributed by atoms with Crippen LogP contribution in [-0.4, -0.2) is 23.6 Å². The molecule has 1 N–H and O–H groups in total. The summed E-state index contributed by atoms with van der Waals surface area (Å²) in [6.45, 7) is 0. The minimum Gasteiger partial charge on any atom is -0.376 e. The van der Waals surface area contributed by atoms with Crippen LogP contribution in [0, 0.1) is 4.77 Å². The Morgan fingerprint density at radius 1 is 0.952 bits per heavy atom. The number of anilines is 1. The van der Waals surface area contributed by atoms with Gasteiger partial charge in [-0.05, 0) is 24.4 Å². The lowest BCUT2D eigenvalue weighted by molar-refractivity contribution is 1.01. The van der Waals surface area contributed by atoms with Crippen LogP contribution in [0.15, 0.2) is 60.8 Å². The molecule has 3 nitrogen and oxygen atoms in total. The zero-order valence-electron chi connectivity index (χ0n) is 12.1. The lowest BCUT2D eigenvalue weighted by atomic mass is 10.1. The Morgan fingerprint density at radius 2 is 1.62 bits per heavy atom. The summed E-state index contributed by atoms with van der Waals surface area (Å²) in [5.74, 6) is 0. The van der Waals surface area contributed by atoms with Gasteiger partial charge in [-0.3, -0.25) is 4.57 Å². The number of nitrogens with zero attached hydrogens (tertiary/aromatic N) is 2. The topological polar surface area (TPSA) is 24.0 Å². The Balaban J connectivity index is 2.26. The Kier molecular flexibility index (Phi) is 3.62. The molecule has 0 unspecified atom stereocenters. The van der Waals surface area contributed by atoms with E-state index in [0.717, 1.165) is 22.6 Å². The van der Waals surface area contributed by atoms with Gasteiger partial charge in [0.2, 0.25) is 0 Å². The van der Waals surface area contributed by atoms with Crippen molar-refractivity contribution in [2.75, 3.05) is 19.0 Å². The molecule has 0 bridgehead atoms. The summed E-state index contributed by atoms with van der Waals surface area (Å²) in [7, 11) is 4.08. The van der Waals surface area contributed by atoms with E-state index in [-0.39, 0.29) is 0 Å². The van der Waals surface area contributed by atoms with E-state index >= 15 is 0 Å². The molecule has 21 heavy (non-hydrogen) atoms. The number of imidazole rings is 1. The van der Waals surface area contributed by atoms with Crippen molar-refractivity contribution in [1.29, 1.82) is 0 Å². The number of aromatic amines is 1. The van der Waals surface area contributed by atoms with Crippen molar-refractivity contribution in [2.24, 2.45) is 0 Å². The Bertz CT molecular complexity index is 800. The van der Waals surface area contributed by atoms with Gasteiger partial charge in [0.05, 0.1) is 17.1 Å². The van der Waals surface area contributed by atoms with Gasteiger partial charge in [0.25, 0.3) is 0 Å². The normalized spacial score (nSPS) is 10.6. The van der Waals surface area contributed by atoms with E-state index in [1.807, 2.05) is 50.6 Å². The van der Waals surface area contributed by atoms with Crippen LogP contribution in [0.1, 0.15) is 0 Å². The van der Waals surface area contributed by atoms with Gasteiger partial charge in [0.15, 0.2) is 4.77 Å². The number of aromatic nitrogens is 2. The van der Waals surface area contributed by atoms with Crippen molar-refractivity contribution in [3.8, 4) is 16.9 Å². The van der Waals surface area contributed by atoms with Crippen LogP contribution in [0.5, 0.6) is 0 Å².